The summed E-state index contributed by atoms with van der Waals surface area (Å²) in [4.78, 5) is 0. The van der Waals surface area contributed by atoms with Crippen LogP contribution in [0.25, 0.3) is 0 Å². The van der Waals surface area contributed by atoms with Gasteiger partial charge in [0.2, 0.25) is 0 Å². The van der Waals surface area contributed by atoms with Crippen molar-refractivity contribution >= 4 is 10.3 Å². The van der Waals surface area contributed by atoms with Gasteiger partial charge in [-0.15, -0.1) is 0 Å². The van der Waals surface area contributed by atoms with Crippen LogP contribution in [0.5, 0.6) is 0 Å². The molecule has 49 valence electrons. The second-order valence-corrected chi connectivity index (χ2v) is 2.82. The maximum atomic E-state index is 10.0. The van der Waals surface area contributed by atoms with Crippen LogP contribution in [0.15, 0.2) is 0 Å². The Labute approximate surface area is 49.0 Å². The Kier molecular flexibility index (Phi) is 2.39. The van der Waals surface area contributed by atoms with Crippen LogP contribution in [-0.4, -0.2) is 30.9 Å². The fourth-order valence-corrected chi connectivity index (χ4v) is 0.346. The Morgan fingerprint density at radius 1 is 1.75 bits per heavy atom. The lowest BCUT2D eigenvalue weighted by molar-refractivity contribution is 0.402. The number of nitrogens with zero attached hydrogens (tertiary/aromatic N) is 1. The lowest BCUT2D eigenvalue weighted by Crippen LogP contribution is -2.25. The van der Waals surface area contributed by atoms with E-state index < -0.39 is 10.3 Å². The number of hydrogen-bond acceptors (Lipinski definition) is 2. The Bertz CT molecular complexity index is 150. The molecule has 1 radical (unpaired) electrons. The average molecular weight is 138 g/mol. The molecule has 0 bridgehead atoms. The Morgan fingerprint density at radius 3 is 2.12 bits per heavy atom. The Hall–Kier alpha value is -0.130. The number of rotatable bonds is 2. The molecule has 0 aliphatic rings. The minimum absolute atomic E-state index is 0.0405. The Morgan fingerprint density at radius 2 is 2.12 bits per heavy atom. The van der Waals surface area contributed by atoms with E-state index >= 15 is 0 Å². The van der Waals surface area contributed by atoms with Crippen LogP contribution in [0.1, 0.15) is 0 Å². The van der Waals surface area contributed by atoms with Gasteiger partial charge in [0, 0.05) is 13.6 Å². The Balaban J connectivity index is 4.04. The van der Waals surface area contributed by atoms with Crippen LogP contribution in [-0.2, 0) is 10.3 Å². The van der Waals surface area contributed by atoms with Gasteiger partial charge in [-0.3, -0.25) is 4.55 Å². The molecule has 0 unspecified atom stereocenters. The minimum Gasteiger partial charge on any atom is -0.273 e. The number of hydrogen-bond donors (Lipinski definition) is 1. The van der Waals surface area contributed by atoms with Gasteiger partial charge in [-0.05, 0) is 6.92 Å². The fourth-order valence-electron chi connectivity index (χ4n) is 0.115. The molecule has 0 rings (SSSR count). The molecule has 0 aliphatic carbocycles. The van der Waals surface area contributed by atoms with E-state index in [2.05, 4.69) is 6.92 Å². The normalized spacial score (nSPS) is 12.5. The van der Waals surface area contributed by atoms with Crippen molar-refractivity contribution in [1.82, 2.24) is 4.31 Å². The van der Waals surface area contributed by atoms with Gasteiger partial charge >= 0.3 is 10.3 Å². The van der Waals surface area contributed by atoms with Crippen molar-refractivity contribution in [2.75, 3.05) is 13.6 Å². The first-order valence-electron chi connectivity index (χ1n) is 1.96. The summed E-state index contributed by atoms with van der Waals surface area (Å²) in [6, 6.07) is 0. The molecule has 0 spiro atoms. The molecule has 0 heterocycles. The van der Waals surface area contributed by atoms with Crippen LogP contribution in [0.3, 0.4) is 0 Å². The fraction of sp³-hybridized carbons (Fsp3) is 0.667. The first-order chi connectivity index (χ1) is 3.48. The summed E-state index contributed by atoms with van der Waals surface area (Å²) in [5.41, 5.74) is 0. The first kappa shape index (κ1) is 7.87. The van der Waals surface area contributed by atoms with E-state index in [0.29, 0.717) is 0 Å². The van der Waals surface area contributed by atoms with E-state index in [0.717, 1.165) is 4.31 Å². The predicted octanol–water partition coefficient (Wildman–Crippen LogP) is -0.445. The zero-order valence-corrected chi connectivity index (χ0v) is 5.35. The molecule has 1 N–H and O–H groups in total. The minimum atomic E-state index is -3.98. The molecular formula is C3H8NO3S. The van der Waals surface area contributed by atoms with Crippen LogP contribution in [0, 0.1) is 6.92 Å². The highest BCUT2D eigenvalue weighted by Gasteiger charge is 2.08. The van der Waals surface area contributed by atoms with E-state index in [1.807, 2.05) is 0 Å². The highest BCUT2D eigenvalue weighted by molar-refractivity contribution is 7.83. The topological polar surface area (TPSA) is 57.6 Å². The molecule has 8 heavy (non-hydrogen) atoms. The average Bonchev–Trinajstić information content (AvgIpc) is 1.62. The van der Waals surface area contributed by atoms with Gasteiger partial charge in [-0.2, -0.15) is 12.7 Å². The third-order valence-electron chi connectivity index (χ3n) is 0.709. The zero-order chi connectivity index (χ0) is 6.78. The van der Waals surface area contributed by atoms with Gasteiger partial charge in [0.1, 0.15) is 0 Å². The SMILES string of the molecule is [CH2]CN(C)S(=O)(=O)O. The van der Waals surface area contributed by atoms with Crippen molar-refractivity contribution in [3.05, 3.63) is 6.92 Å². The van der Waals surface area contributed by atoms with Gasteiger partial charge in [0.25, 0.3) is 0 Å². The van der Waals surface area contributed by atoms with Crippen LogP contribution in [0.2, 0.25) is 0 Å². The van der Waals surface area contributed by atoms with Crippen molar-refractivity contribution in [2.24, 2.45) is 0 Å². The quantitative estimate of drug-likeness (QED) is 0.526. The molecule has 0 saturated heterocycles. The highest BCUT2D eigenvalue weighted by atomic mass is 32.2. The summed E-state index contributed by atoms with van der Waals surface area (Å²) < 4.78 is 28.9. The maximum Gasteiger partial charge on any atom is 0.335 e. The van der Waals surface area contributed by atoms with E-state index in [1.165, 1.54) is 7.05 Å². The summed E-state index contributed by atoms with van der Waals surface area (Å²) in [5, 5.41) is 0. The predicted molar refractivity (Wildman–Crippen MR) is 29.5 cm³/mol. The first-order valence-corrected chi connectivity index (χ1v) is 3.36. The standard InChI is InChI=1S/C3H8NO3S/c1-3-4(2)8(5,6)7/h1,3H2,2H3,(H,5,6,7). The van der Waals surface area contributed by atoms with Crippen LogP contribution < -0.4 is 0 Å². The van der Waals surface area contributed by atoms with Crippen molar-refractivity contribution in [1.29, 1.82) is 0 Å². The van der Waals surface area contributed by atoms with Gasteiger partial charge < -0.3 is 0 Å². The second kappa shape index (κ2) is 2.43. The van der Waals surface area contributed by atoms with Gasteiger partial charge in [-0.1, -0.05) is 0 Å². The monoisotopic (exact) mass is 138 g/mol. The summed E-state index contributed by atoms with van der Waals surface area (Å²) >= 11 is 0. The molecule has 0 saturated carbocycles. The molecule has 0 aromatic rings. The molecule has 0 aromatic heterocycles. The van der Waals surface area contributed by atoms with Gasteiger partial charge in [0.15, 0.2) is 0 Å². The van der Waals surface area contributed by atoms with Crippen molar-refractivity contribution in [3.63, 3.8) is 0 Å². The lowest BCUT2D eigenvalue weighted by Gasteiger charge is -2.06. The van der Waals surface area contributed by atoms with Crippen molar-refractivity contribution < 1.29 is 13.0 Å². The van der Waals surface area contributed by atoms with E-state index in [-0.39, 0.29) is 6.54 Å². The summed E-state index contributed by atoms with van der Waals surface area (Å²) in [5.74, 6) is 0. The van der Waals surface area contributed by atoms with Crippen molar-refractivity contribution in [2.45, 2.75) is 0 Å². The lowest BCUT2D eigenvalue weighted by atomic mass is 10.8. The summed E-state index contributed by atoms with van der Waals surface area (Å²) in [7, 11) is -2.74. The van der Waals surface area contributed by atoms with E-state index in [9.17, 15) is 8.42 Å². The third-order valence-corrected chi connectivity index (χ3v) is 1.68. The van der Waals surface area contributed by atoms with Gasteiger partial charge in [-0.25, -0.2) is 0 Å². The maximum absolute atomic E-state index is 10.0. The van der Waals surface area contributed by atoms with Gasteiger partial charge in [0.05, 0.1) is 0 Å². The van der Waals surface area contributed by atoms with E-state index in [4.69, 9.17) is 4.55 Å². The highest BCUT2D eigenvalue weighted by Crippen LogP contribution is 1.87. The second-order valence-electron chi connectivity index (χ2n) is 1.30. The smallest absolute Gasteiger partial charge is 0.273 e. The molecule has 5 heteroatoms. The molecule has 0 aromatic carbocycles. The molecule has 0 atom stereocenters. The van der Waals surface area contributed by atoms with Crippen molar-refractivity contribution in [3.8, 4) is 0 Å². The van der Waals surface area contributed by atoms with Crippen LogP contribution >= 0.6 is 0 Å². The summed E-state index contributed by atoms with van der Waals surface area (Å²) in [6.45, 7) is 3.28. The van der Waals surface area contributed by atoms with Crippen LogP contribution in [0.4, 0.5) is 0 Å². The molecule has 0 fully saturated rings. The van der Waals surface area contributed by atoms with E-state index in [1.54, 1.807) is 0 Å². The largest absolute Gasteiger partial charge is 0.335 e. The molecular weight excluding hydrogens is 130 g/mol. The molecule has 0 aliphatic heterocycles. The third kappa shape index (κ3) is 2.25. The molecule has 4 nitrogen and oxygen atoms in total. The zero-order valence-electron chi connectivity index (χ0n) is 4.53. The summed E-state index contributed by atoms with van der Waals surface area (Å²) in [6.07, 6.45) is 0. The molecule has 0 amide bonds.